The van der Waals surface area contributed by atoms with Gasteiger partial charge in [0.2, 0.25) is 0 Å². The van der Waals surface area contributed by atoms with E-state index in [2.05, 4.69) is 0 Å². The molecule has 0 saturated carbocycles. The van der Waals surface area contributed by atoms with Gasteiger partial charge in [-0.15, -0.1) is 0 Å². The number of esters is 1. The average molecular weight is 306 g/mol. The van der Waals surface area contributed by atoms with Crippen molar-refractivity contribution in [2.24, 2.45) is 0 Å². The molecule has 114 valence electrons. The number of aldehydes is 1. The number of hydrogen-bond donors (Lipinski definition) is 0. The predicted octanol–water partition coefficient (Wildman–Crippen LogP) is 3.88. The Labute approximate surface area is 133 Å². The van der Waals surface area contributed by atoms with E-state index in [0.717, 1.165) is 10.8 Å². The highest BCUT2D eigenvalue weighted by Gasteiger charge is 2.17. The summed E-state index contributed by atoms with van der Waals surface area (Å²) in [5.41, 5.74) is 0.698. The molecule has 0 fully saturated rings. The van der Waals surface area contributed by atoms with Crippen molar-refractivity contribution < 1.29 is 19.1 Å². The average Bonchev–Trinajstić information content (AvgIpc) is 2.61. The Hall–Kier alpha value is -3.14. The van der Waals surface area contributed by atoms with Crippen LogP contribution in [-0.4, -0.2) is 19.4 Å². The maximum absolute atomic E-state index is 12.6. The lowest BCUT2D eigenvalue weighted by molar-refractivity contribution is 0.0730. The molecule has 0 heterocycles. The van der Waals surface area contributed by atoms with Crippen molar-refractivity contribution in [3.63, 3.8) is 0 Å². The van der Waals surface area contributed by atoms with Crippen molar-refractivity contribution in [3.05, 3.63) is 71.8 Å². The normalized spacial score (nSPS) is 10.3. The van der Waals surface area contributed by atoms with Gasteiger partial charge in [-0.3, -0.25) is 4.79 Å². The van der Waals surface area contributed by atoms with E-state index in [4.69, 9.17) is 9.47 Å². The smallest absolute Gasteiger partial charge is 0.344 e. The maximum atomic E-state index is 12.6. The van der Waals surface area contributed by atoms with Gasteiger partial charge in [-0.05, 0) is 29.0 Å². The molecule has 4 nitrogen and oxygen atoms in total. The Morgan fingerprint density at radius 2 is 1.70 bits per heavy atom. The van der Waals surface area contributed by atoms with Gasteiger partial charge < -0.3 is 9.47 Å². The molecule has 23 heavy (non-hydrogen) atoms. The van der Waals surface area contributed by atoms with Crippen molar-refractivity contribution in [3.8, 4) is 11.5 Å². The Kier molecular flexibility index (Phi) is 4.06. The van der Waals surface area contributed by atoms with Crippen LogP contribution in [0.15, 0.2) is 60.7 Å². The van der Waals surface area contributed by atoms with Crippen LogP contribution < -0.4 is 9.47 Å². The minimum Gasteiger partial charge on any atom is -0.493 e. The quantitative estimate of drug-likeness (QED) is 0.417. The molecule has 0 unspecified atom stereocenters. The molecule has 0 aliphatic heterocycles. The number of carbonyl (C=O) groups is 2. The Bertz CT molecular complexity index is 878. The molecular weight excluding hydrogens is 292 g/mol. The second kappa shape index (κ2) is 6.32. The van der Waals surface area contributed by atoms with Crippen LogP contribution in [0, 0.1) is 0 Å². The summed E-state index contributed by atoms with van der Waals surface area (Å²) in [7, 11) is 1.46. The van der Waals surface area contributed by atoms with Crippen LogP contribution in [0.5, 0.6) is 11.5 Å². The number of hydrogen-bond acceptors (Lipinski definition) is 4. The fraction of sp³-hybridized carbons (Fsp3) is 0.0526. The summed E-state index contributed by atoms with van der Waals surface area (Å²) < 4.78 is 10.6. The van der Waals surface area contributed by atoms with Crippen LogP contribution in [0.3, 0.4) is 0 Å². The number of carbonyl (C=O) groups excluding carboxylic acids is 2. The molecule has 0 amide bonds. The Balaban J connectivity index is 2.04. The summed E-state index contributed by atoms with van der Waals surface area (Å²) in [4.78, 5) is 23.7. The molecule has 3 aromatic carbocycles. The van der Waals surface area contributed by atoms with Crippen LogP contribution in [0.1, 0.15) is 20.7 Å². The van der Waals surface area contributed by atoms with Gasteiger partial charge in [-0.2, -0.15) is 0 Å². The van der Waals surface area contributed by atoms with E-state index in [1.54, 1.807) is 30.3 Å². The highest BCUT2D eigenvalue weighted by molar-refractivity contribution is 6.05. The first-order valence-corrected chi connectivity index (χ1v) is 7.06. The minimum absolute atomic E-state index is 0.128. The third-order valence-corrected chi connectivity index (χ3v) is 3.56. The summed E-state index contributed by atoms with van der Waals surface area (Å²) in [5.74, 6) is -0.0690. The van der Waals surface area contributed by atoms with Gasteiger partial charge in [0.15, 0.2) is 17.8 Å². The summed E-state index contributed by atoms with van der Waals surface area (Å²) in [6, 6.07) is 17.8. The molecular formula is C19H14O4. The third-order valence-electron chi connectivity index (χ3n) is 3.56. The number of methoxy groups -OCH3 is 1. The van der Waals surface area contributed by atoms with Gasteiger partial charge in [-0.1, -0.05) is 42.5 Å². The van der Waals surface area contributed by atoms with E-state index in [1.807, 2.05) is 30.3 Å². The molecule has 4 heteroatoms. The van der Waals surface area contributed by atoms with Crippen LogP contribution in [0.2, 0.25) is 0 Å². The van der Waals surface area contributed by atoms with Crippen molar-refractivity contribution in [1.82, 2.24) is 0 Å². The first kappa shape index (κ1) is 14.8. The largest absolute Gasteiger partial charge is 0.493 e. The monoisotopic (exact) mass is 306 g/mol. The number of rotatable bonds is 4. The predicted molar refractivity (Wildman–Crippen MR) is 87.3 cm³/mol. The fourth-order valence-electron chi connectivity index (χ4n) is 2.45. The molecule has 0 spiro atoms. The first-order valence-electron chi connectivity index (χ1n) is 7.06. The molecule has 3 aromatic rings. The molecule has 0 atom stereocenters. The van der Waals surface area contributed by atoms with E-state index >= 15 is 0 Å². The number of para-hydroxylation sites is 1. The van der Waals surface area contributed by atoms with Gasteiger partial charge in [0.25, 0.3) is 0 Å². The van der Waals surface area contributed by atoms with Gasteiger partial charge in [0, 0.05) is 0 Å². The zero-order valence-corrected chi connectivity index (χ0v) is 12.5. The van der Waals surface area contributed by atoms with Gasteiger partial charge >= 0.3 is 5.97 Å². The van der Waals surface area contributed by atoms with Gasteiger partial charge in [0.05, 0.1) is 18.2 Å². The van der Waals surface area contributed by atoms with Gasteiger partial charge in [0.1, 0.15) is 0 Å². The molecule has 0 radical (unpaired) electrons. The van der Waals surface area contributed by atoms with Crippen molar-refractivity contribution >= 4 is 23.0 Å². The van der Waals surface area contributed by atoms with E-state index < -0.39 is 5.97 Å². The van der Waals surface area contributed by atoms with Crippen LogP contribution in [0.25, 0.3) is 10.8 Å². The lowest BCUT2D eigenvalue weighted by Gasteiger charge is -2.12. The Morgan fingerprint density at radius 1 is 0.957 bits per heavy atom. The SMILES string of the molecule is COc1cccc(C=O)c1OC(=O)c1cccc2ccccc12. The van der Waals surface area contributed by atoms with E-state index in [1.165, 1.54) is 7.11 Å². The zero-order chi connectivity index (χ0) is 16.2. The van der Waals surface area contributed by atoms with Crippen molar-refractivity contribution in [2.45, 2.75) is 0 Å². The number of fused-ring (bicyclic) bond motifs is 1. The summed E-state index contributed by atoms with van der Waals surface area (Å²) in [6.07, 6.45) is 0.633. The second-order valence-corrected chi connectivity index (χ2v) is 4.91. The maximum Gasteiger partial charge on any atom is 0.344 e. The highest BCUT2D eigenvalue weighted by atomic mass is 16.6. The van der Waals surface area contributed by atoms with Crippen molar-refractivity contribution in [2.75, 3.05) is 7.11 Å². The minimum atomic E-state index is -0.533. The van der Waals surface area contributed by atoms with Crippen molar-refractivity contribution in [1.29, 1.82) is 0 Å². The lowest BCUT2D eigenvalue weighted by Crippen LogP contribution is -2.11. The number of ether oxygens (including phenoxy) is 2. The molecule has 0 aliphatic carbocycles. The van der Waals surface area contributed by atoms with Gasteiger partial charge in [-0.25, -0.2) is 4.79 Å². The van der Waals surface area contributed by atoms with Crippen LogP contribution in [0.4, 0.5) is 0 Å². The van der Waals surface area contributed by atoms with Crippen LogP contribution in [-0.2, 0) is 0 Å². The van der Waals surface area contributed by atoms with Crippen LogP contribution >= 0.6 is 0 Å². The fourth-order valence-corrected chi connectivity index (χ4v) is 2.45. The lowest BCUT2D eigenvalue weighted by atomic mass is 10.0. The summed E-state index contributed by atoms with van der Waals surface area (Å²) >= 11 is 0. The molecule has 0 N–H and O–H groups in total. The molecule has 3 rings (SSSR count). The van der Waals surface area contributed by atoms with E-state index in [9.17, 15) is 9.59 Å². The second-order valence-electron chi connectivity index (χ2n) is 4.91. The standard InChI is InChI=1S/C19H14O4/c1-22-17-11-5-8-14(12-20)18(17)23-19(21)16-10-4-7-13-6-2-3-9-15(13)16/h2-12H,1H3. The molecule has 0 saturated heterocycles. The van der Waals surface area contributed by atoms with E-state index in [-0.39, 0.29) is 11.3 Å². The zero-order valence-electron chi connectivity index (χ0n) is 12.5. The molecule has 0 aliphatic rings. The number of benzene rings is 3. The first-order chi connectivity index (χ1) is 11.2. The molecule has 0 bridgehead atoms. The molecule has 0 aromatic heterocycles. The van der Waals surface area contributed by atoms with E-state index in [0.29, 0.717) is 17.6 Å². The topological polar surface area (TPSA) is 52.6 Å². The highest BCUT2D eigenvalue weighted by Crippen LogP contribution is 2.31. The Morgan fingerprint density at radius 3 is 2.48 bits per heavy atom. The third kappa shape index (κ3) is 2.79. The summed E-state index contributed by atoms with van der Waals surface area (Å²) in [5, 5.41) is 1.74. The summed E-state index contributed by atoms with van der Waals surface area (Å²) in [6.45, 7) is 0.